The van der Waals surface area contributed by atoms with Crippen LogP contribution in [0.3, 0.4) is 0 Å². The minimum absolute atomic E-state index is 0.267. The van der Waals surface area contributed by atoms with Crippen LogP contribution in [0.5, 0.6) is 5.75 Å². The van der Waals surface area contributed by atoms with E-state index in [-0.39, 0.29) is 6.61 Å². The number of aliphatic hydroxyl groups is 1. The first-order chi connectivity index (χ1) is 7.22. The van der Waals surface area contributed by atoms with Crippen molar-refractivity contribution in [1.29, 1.82) is 0 Å². The first-order valence-electron chi connectivity index (χ1n) is 5.17. The van der Waals surface area contributed by atoms with Crippen molar-refractivity contribution < 1.29 is 14.6 Å². The van der Waals surface area contributed by atoms with Crippen LogP contribution in [0.2, 0.25) is 0 Å². The van der Waals surface area contributed by atoms with Crippen molar-refractivity contribution in [3.63, 3.8) is 0 Å². The molecule has 3 nitrogen and oxygen atoms in total. The van der Waals surface area contributed by atoms with E-state index >= 15 is 0 Å². The molecule has 0 aliphatic heterocycles. The molecule has 0 saturated heterocycles. The number of hydrogen-bond donors (Lipinski definition) is 1. The van der Waals surface area contributed by atoms with E-state index in [4.69, 9.17) is 9.47 Å². The topological polar surface area (TPSA) is 38.7 Å². The van der Waals surface area contributed by atoms with E-state index in [0.717, 1.165) is 11.3 Å². The summed E-state index contributed by atoms with van der Waals surface area (Å²) in [6, 6.07) is 7.75. The van der Waals surface area contributed by atoms with E-state index in [1.807, 2.05) is 38.1 Å². The molecule has 0 radical (unpaired) electrons. The molecular formula is C12H18O3. The molecule has 0 fully saturated rings. The first-order valence-corrected chi connectivity index (χ1v) is 5.17. The quantitative estimate of drug-likeness (QED) is 0.777. The second-order valence-electron chi connectivity index (χ2n) is 3.44. The Labute approximate surface area is 90.6 Å². The summed E-state index contributed by atoms with van der Waals surface area (Å²) in [5, 5.41) is 9.46. The lowest BCUT2D eigenvalue weighted by atomic mass is 10.2. The van der Waals surface area contributed by atoms with Gasteiger partial charge in [0.25, 0.3) is 0 Å². The smallest absolute Gasteiger partial charge is 0.119 e. The molecule has 0 heterocycles. The van der Waals surface area contributed by atoms with Crippen LogP contribution in [-0.2, 0) is 4.74 Å². The molecule has 0 aromatic heterocycles. The van der Waals surface area contributed by atoms with E-state index < -0.39 is 6.10 Å². The predicted molar refractivity (Wildman–Crippen MR) is 59.2 cm³/mol. The number of aryl methyl sites for hydroxylation is 1. The lowest BCUT2D eigenvalue weighted by Crippen LogP contribution is -2.23. The standard InChI is InChI=1S/C12H18O3/c1-3-14-8-11(13)9-15-12-6-4-5-10(2)7-12/h4-7,11,13H,3,8-9H2,1-2H3. The zero-order valence-electron chi connectivity index (χ0n) is 9.27. The van der Waals surface area contributed by atoms with Gasteiger partial charge in [0.1, 0.15) is 18.5 Å². The van der Waals surface area contributed by atoms with Crippen molar-refractivity contribution in [3.8, 4) is 5.75 Å². The van der Waals surface area contributed by atoms with Gasteiger partial charge in [-0.2, -0.15) is 0 Å². The lowest BCUT2D eigenvalue weighted by Gasteiger charge is -2.12. The summed E-state index contributed by atoms with van der Waals surface area (Å²) in [7, 11) is 0. The first kappa shape index (κ1) is 12.0. The Morgan fingerprint density at radius 1 is 1.33 bits per heavy atom. The molecule has 1 rings (SSSR count). The van der Waals surface area contributed by atoms with Crippen molar-refractivity contribution in [2.75, 3.05) is 19.8 Å². The van der Waals surface area contributed by atoms with Gasteiger partial charge in [-0.3, -0.25) is 0 Å². The van der Waals surface area contributed by atoms with Crippen LogP contribution in [0.1, 0.15) is 12.5 Å². The number of rotatable bonds is 6. The third kappa shape index (κ3) is 4.81. The van der Waals surface area contributed by atoms with E-state index in [1.54, 1.807) is 0 Å². The third-order valence-corrected chi connectivity index (χ3v) is 1.95. The summed E-state index contributed by atoms with van der Waals surface area (Å²) in [6.45, 7) is 5.10. The highest BCUT2D eigenvalue weighted by molar-refractivity contribution is 5.27. The molecular weight excluding hydrogens is 192 g/mol. The lowest BCUT2D eigenvalue weighted by molar-refractivity contribution is 0.0164. The van der Waals surface area contributed by atoms with Gasteiger partial charge in [-0.05, 0) is 31.5 Å². The second kappa shape index (κ2) is 6.43. The maximum atomic E-state index is 9.46. The summed E-state index contributed by atoms with van der Waals surface area (Å²) in [5.41, 5.74) is 1.15. The zero-order chi connectivity index (χ0) is 11.1. The van der Waals surface area contributed by atoms with Gasteiger partial charge in [0.2, 0.25) is 0 Å². The highest BCUT2D eigenvalue weighted by atomic mass is 16.5. The molecule has 0 spiro atoms. The van der Waals surface area contributed by atoms with Crippen molar-refractivity contribution in [2.45, 2.75) is 20.0 Å². The van der Waals surface area contributed by atoms with Crippen LogP contribution in [0.25, 0.3) is 0 Å². The monoisotopic (exact) mass is 210 g/mol. The molecule has 1 aromatic carbocycles. The third-order valence-electron chi connectivity index (χ3n) is 1.95. The highest BCUT2D eigenvalue weighted by Gasteiger charge is 2.04. The fraction of sp³-hybridized carbons (Fsp3) is 0.500. The van der Waals surface area contributed by atoms with E-state index in [1.165, 1.54) is 0 Å². The number of hydrogen-bond acceptors (Lipinski definition) is 3. The molecule has 1 atom stereocenters. The average molecular weight is 210 g/mol. The van der Waals surface area contributed by atoms with Crippen molar-refractivity contribution in [2.24, 2.45) is 0 Å². The summed E-state index contributed by atoms with van der Waals surface area (Å²) in [5.74, 6) is 0.783. The van der Waals surface area contributed by atoms with Gasteiger partial charge in [0.15, 0.2) is 0 Å². The van der Waals surface area contributed by atoms with Crippen molar-refractivity contribution in [3.05, 3.63) is 29.8 Å². The summed E-state index contributed by atoms with van der Waals surface area (Å²) in [4.78, 5) is 0. The van der Waals surface area contributed by atoms with E-state index in [0.29, 0.717) is 13.2 Å². The van der Waals surface area contributed by atoms with E-state index in [9.17, 15) is 5.11 Å². The van der Waals surface area contributed by atoms with Gasteiger partial charge in [-0.15, -0.1) is 0 Å². The molecule has 0 bridgehead atoms. The molecule has 0 saturated carbocycles. The van der Waals surface area contributed by atoms with Crippen LogP contribution in [0.15, 0.2) is 24.3 Å². The molecule has 84 valence electrons. The Bertz CT molecular complexity index is 286. The minimum atomic E-state index is -0.564. The normalized spacial score (nSPS) is 12.5. The second-order valence-corrected chi connectivity index (χ2v) is 3.44. The van der Waals surface area contributed by atoms with Gasteiger partial charge in [0, 0.05) is 6.61 Å². The maximum Gasteiger partial charge on any atom is 0.119 e. The molecule has 1 aromatic rings. The Hall–Kier alpha value is -1.06. The molecule has 0 amide bonds. The van der Waals surface area contributed by atoms with Gasteiger partial charge >= 0.3 is 0 Å². The molecule has 1 unspecified atom stereocenters. The molecule has 0 aliphatic rings. The van der Waals surface area contributed by atoms with Crippen molar-refractivity contribution >= 4 is 0 Å². The van der Waals surface area contributed by atoms with Gasteiger partial charge in [0.05, 0.1) is 6.61 Å². The molecule has 0 aliphatic carbocycles. The van der Waals surface area contributed by atoms with Crippen LogP contribution in [-0.4, -0.2) is 31.0 Å². The highest BCUT2D eigenvalue weighted by Crippen LogP contribution is 2.12. The fourth-order valence-electron chi connectivity index (χ4n) is 1.20. The zero-order valence-corrected chi connectivity index (χ0v) is 9.27. The fourth-order valence-corrected chi connectivity index (χ4v) is 1.20. The van der Waals surface area contributed by atoms with Crippen LogP contribution in [0, 0.1) is 6.92 Å². The SMILES string of the molecule is CCOCC(O)COc1cccc(C)c1. The Kier molecular flexibility index (Phi) is 5.15. The molecule has 3 heteroatoms. The predicted octanol–water partition coefficient (Wildman–Crippen LogP) is 1.77. The van der Waals surface area contributed by atoms with Gasteiger partial charge < -0.3 is 14.6 Å². The number of ether oxygens (including phenoxy) is 2. The van der Waals surface area contributed by atoms with Crippen molar-refractivity contribution in [1.82, 2.24) is 0 Å². The van der Waals surface area contributed by atoms with Crippen LogP contribution < -0.4 is 4.74 Å². The summed E-state index contributed by atoms with van der Waals surface area (Å²) >= 11 is 0. The van der Waals surface area contributed by atoms with E-state index in [2.05, 4.69) is 0 Å². The van der Waals surface area contributed by atoms with Crippen LogP contribution >= 0.6 is 0 Å². The molecule has 15 heavy (non-hydrogen) atoms. The number of benzene rings is 1. The van der Waals surface area contributed by atoms with Crippen LogP contribution in [0.4, 0.5) is 0 Å². The largest absolute Gasteiger partial charge is 0.491 e. The summed E-state index contributed by atoms with van der Waals surface area (Å²) < 4.78 is 10.5. The number of aliphatic hydroxyl groups excluding tert-OH is 1. The Morgan fingerprint density at radius 3 is 2.80 bits per heavy atom. The minimum Gasteiger partial charge on any atom is -0.491 e. The Balaban J connectivity index is 2.30. The average Bonchev–Trinajstić information content (AvgIpc) is 2.23. The maximum absolute atomic E-state index is 9.46. The Morgan fingerprint density at radius 2 is 2.13 bits per heavy atom. The molecule has 1 N–H and O–H groups in total. The van der Waals surface area contributed by atoms with Gasteiger partial charge in [-0.1, -0.05) is 12.1 Å². The summed E-state index contributed by atoms with van der Waals surface area (Å²) in [6.07, 6.45) is -0.564. The van der Waals surface area contributed by atoms with Gasteiger partial charge in [-0.25, -0.2) is 0 Å².